The summed E-state index contributed by atoms with van der Waals surface area (Å²) in [5.74, 6) is 2.48. The molecule has 1 aliphatic carbocycles. The van der Waals surface area contributed by atoms with Gasteiger partial charge < -0.3 is 9.42 Å². The molecular weight excluding hydrogens is 316 g/mol. The van der Waals surface area contributed by atoms with Crippen LogP contribution in [0, 0.1) is 11.8 Å². The quantitative estimate of drug-likeness (QED) is 0.836. The molecule has 0 N–H and O–H groups in total. The number of aromatic nitrogens is 3. The average molecular weight is 340 g/mol. The molecule has 3 heterocycles. The number of carbonyl (C=O) groups excluding carboxylic acids is 1. The first-order chi connectivity index (χ1) is 12.3. The van der Waals surface area contributed by atoms with E-state index in [9.17, 15) is 4.79 Å². The standard InChI is InChI=1S/C19H24N4O2/c24-19(15-4-1-2-5-15)23-11-9-14(13-23)7-8-17-21-18(25-22-17)16-6-3-10-20-12-16/h3,6,10,12,14-15H,1-2,4-5,7-9,11,13H2. The minimum absolute atomic E-state index is 0.290. The van der Waals surface area contributed by atoms with Gasteiger partial charge >= 0.3 is 0 Å². The number of carbonyl (C=O) groups is 1. The van der Waals surface area contributed by atoms with Crippen LogP contribution in [0.4, 0.5) is 0 Å². The molecule has 0 radical (unpaired) electrons. The van der Waals surface area contributed by atoms with Crippen LogP contribution in [0.3, 0.4) is 0 Å². The third-order valence-corrected chi connectivity index (χ3v) is 5.45. The van der Waals surface area contributed by atoms with E-state index in [0.717, 1.165) is 56.6 Å². The SMILES string of the molecule is O=C(C1CCCC1)N1CCC(CCc2noc(-c3cccnc3)n2)C1. The highest BCUT2D eigenvalue weighted by atomic mass is 16.5. The molecule has 6 nitrogen and oxygen atoms in total. The van der Waals surface area contributed by atoms with Crippen LogP contribution in [-0.4, -0.2) is 39.0 Å². The van der Waals surface area contributed by atoms with E-state index in [1.807, 2.05) is 12.1 Å². The molecule has 6 heteroatoms. The zero-order chi connectivity index (χ0) is 17.1. The normalized spacial score (nSPS) is 21.1. The van der Waals surface area contributed by atoms with Crippen LogP contribution in [-0.2, 0) is 11.2 Å². The smallest absolute Gasteiger partial charge is 0.259 e. The van der Waals surface area contributed by atoms with Crippen LogP contribution in [0.15, 0.2) is 29.0 Å². The number of pyridine rings is 1. The second-order valence-corrected chi connectivity index (χ2v) is 7.22. The first-order valence-corrected chi connectivity index (χ1v) is 9.31. The highest BCUT2D eigenvalue weighted by molar-refractivity contribution is 5.79. The molecule has 25 heavy (non-hydrogen) atoms. The summed E-state index contributed by atoms with van der Waals surface area (Å²) in [7, 11) is 0. The van der Waals surface area contributed by atoms with Crippen molar-refractivity contribution in [1.82, 2.24) is 20.0 Å². The predicted molar refractivity (Wildman–Crippen MR) is 92.5 cm³/mol. The summed E-state index contributed by atoms with van der Waals surface area (Å²) in [5, 5.41) is 4.08. The van der Waals surface area contributed by atoms with Crippen molar-refractivity contribution < 1.29 is 9.32 Å². The first kappa shape index (κ1) is 16.2. The Morgan fingerprint density at radius 2 is 2.16 bits per heavy atom. The molecule has 0 aromatic carbocycles. The fourth-order valence-corrected chi connectivity index (χ4v) is 3.99. The highest BCUT2D eigenvalue weighted by Gasteiger charge is 2.32. The average Bonchev–Trinajstić information content (AvgIpc) is 3.41. The number of nitrogens with zero attached hydrogens (tertiary/aromatic N) is 4. The maximum absolute atomic E-state index is 12.5. The lowest BCUT2D eigenvalue weighted by atomic mass is 10.0. The second kappa shape index (κ2) is 7.33. The molecule has 2 aromatic heterocycles. The largest absolute Gasteiger partial charge is 0.342 e. The number of hydrogen-bond acceptors (Lipinski definition) is 5. The van der Waals surface area contributed by atoms with Gasteiger partial charge in [-0.05, 0) is 43.7 Å². The lowest BCUT2D eigenvalue weighted by molar-refractivity contribution is -0.134. The highest BCUT2D eigenvalue weighted by Crippen LogP contribution is 2.30. The van der Waals surface area contributed by atoms with Gasteiger partial charge in [0, 0.05) is 37.8 Å². The van der Waals surface area contributed by atoms with Crippen molar-refractivity contribution in [2.45, 2.75) is 44.9 Å². The molecule has 2 aliphatic rings. The summed E-state index contributed by atoms with van der Waals surface area (Å²) in [6.45, 7) is 1.80. The number of aryl methyl sites for hydroxylation is 1. The van der Waals surface area contributed by atoms with Crippen LogP contribution in [0.5, 0.6) is 0 Å². The fraction of sp³-hybridized carbons (Fsp3) is 0.579. The van der Waals surface area contributed by atoms with Crippen molar-refractivity contribution in [2.24, 2.45) is 11.8 Å². The van der Waals surface area contributed by atoms with Gasteiger partial charge in [-0.15, -0.1) is 0 Å². The summed E-state index contributed by atoms with van der Waals surface area (Å²) < 4.78 is 5.33. The van der Waals surface area contributed by atoms with Gasteiger partial charge in [0.2, 0.25) is 5.91 Å². The predicted octanol–water partition coefficient (Wildman–Crippen LogP) is 3.10. The molecule has 4 rings (SSSR count). The minimum Gasteiger partial charge on any atom is -0.342 e. The topological polar surface area (TPSA) is 72.1 Å². The van der Waals surface area contributed by atoms with Crippen LogP contribution in [0.25, 0.3) is 11.5 Å². The van der Waals surface area contributed by atoms with Crippen LogP contribution in [0.1, 0.15) is 44.3 Å². The van der Waals surface area contributed by atoms with E-state index in [-0.39, 0.29) is 5.92 Å². The lowest BCUT2D eigenvalue weighted by Gasteiger charge is -2.20. The third kappa shape index (κ3) is 3.72. The molecule has 2 fully saturated rings. The Labute approximate surface area is 147 Å². The van der Waals surface area contributed by atoms with Crippen molar-refractivity contribution in [2.75, 3.05) is 13.1 Å². The zero-order valence-corrected chi connectivity index (χ0v) is 14.4. The number of likely N-dealkylation sites (tertiary alicyclic amines) is 1. The van der Waals surface area contributed by atoms with E-state index in [2.05, 4.69) is 20.0 Å². The molecule has 1 saturated carbocycles. The van der Waals surface area contributed by atoms with Gasteiger partial charge in [0.25, 0.3) is 5.89 Å². The van der Waals surface area contributed by atoms with Crippen molar-refractivity contribution in [3.05, 3.63) is 30.4 Å². The summed E-state index contributed by atoms with van der Waals surface area (Å²) in [6.07, 6.45) is 10.9. The maximum atomic E-state index is 12.5. The van der Waals surface area contributed by atoms with Gasteiger partial charge in [0.1, 0.15) is 0 Å². The van der Waals surface area contributed by atoms with Gasteiger partial charge in [0.15, 0.2) is 5.82 Å². The number of hydrogen-bond donors (Lipinski definition) is 0. The molecule has 2 aromatic rings. The zero-order valence-electron chi connectivity index (χ0n) is 14.4. The van der Waals surface area contributed by atoms with Gasteiger partial charge in [-0.25, -0.2) is 0 Å². The van der Waals surface area contributed by atoms with E-state index < -0.39 is 0 Å². The summed E-state index contributed by atoms with van der Waals surface area (Å²) in [6, 6.07) is 3.77. The fourth-order valence-electron chi connectivity index (χ4n) is 3.99. The van der Waals surface area contributed by atoms with Gasteiger partial charge in [-0.3, -0.25) is 9.78 Å². The van der Waals surface area contributed by atoms with Gasteiger partial charge in [-0.2, -0.15) is 4.98 Å². The maximum Gasteiger partial charge on any atom is 0.259 e. The second-order valence-electron chi connectivity index (χ2n) is 7.22. The first-order valence-electron chi connectivity index (χ1n) is 9.31. The number of amides is 1. The minimum atomic E-state index is 0.290. The molecule has 1 unspecified atom stereocenters. The Balaban J connectivity index is 1.28. The third-order valence-electron chi connectivity index (χ3n) is 5.45. The van der Waals surface area contributed by atoms with E-state index in [1.165, 1.54) is 12.8 Å². The van der Waals surface area contributed by atoms with Gasteiger partial charge in [0.05, 0.1) is 5.56 Å². The van der Waals surface area contributed by atoms with E-state index in [1.54, 1.807) is 12.4 Å². The molecule has 1 saturated heterocycles. The Kier molecular flexibility index (Phi) is 4.76. The number of rotatable bonds is 5. The molecule has 0 bridgehead atoms. The summed E-state index contributed by atoms with van der Waals surface area (Å²) in [5.41, 5.74) is 0.843. The van der Waals surface area contributed by atoms with Crippen LogP contribution < -0.4 is 0 Å². The Hall–Kier alpha value is -2.24. The molecule has 1 aliphatic heterocycles. The summed E-state index contributed by atoms with van der Waals surface area (Å²) >= 11 is 0. The molecule has 1 atom stereocenters. The van der Waals surface area contributed by atoms with Crippen molar-refractivity contribution in [1.29, 1.82) is 0 Å². The van der Waals surface area contributed by atoms with E-state index >= 15 is 0 Å². The van der Waals surface area contributed by atoms with Crippen LogP contribution in [0.2, 0.25) is 0 Å². The summed E-state index contributed by atoms with van der Waals surface area (Å²) in [4.78, 5) is 23.1. The lowest BCUT2D eigenvalue weighted by Crippen LogP contribution is -2.33. The van der Waals surface area contributed by atoms with Gasteiger partial charge in [-0.1, -0.05) is 18.0 Å². The monoisotopic (exact) mass is 340 g/mol. The Morgan fingerprint density at radius 3 is 2.96 bits per heavy atom. The Morgan fingerprint density at radius 1 is 1.28 bits per heavy atom. The van der Waals surface area contributed by atoms with E-state index in [0.29, 0.717) is 17.7 Å². The molecule has 0 spiro atoms. The van der Waals surface area contributed by atoms with Crippen LogP contribution >= 0.6 is 0 Å². The van der Waals surface area contributed by atoms with E-state index in [4.69, 9.17) is 4.52 Å². The molecule has 1 amide bonds. The van der Waals surface area contributed by atoms with Crippen molar-refractivity contribution in [3.63, 3.8) is 0 Å². The molecular formula is C19H24N4O2. The molecule has 132 valence electrons. The van der Waals surface area contributed by atoms with Crippen molar-refractivity contribution in [3.8, 4) is 11.5 Å². The van der Waals surface area contributed by atoms with Crippen molar-refractivity contribution >= 4 is 5.91 Å². The Bertz CT molecular complexity index is 709.